The van der Waals surface area contributed by atoms with E-state index in [-0.39, 0.29) is 0 Å². The lowest BCUT2D eigenvalue weighted by atomic mass is 9.77. The lowest BCUT2D eigenvalue weighted by Gasteiger charge is -2.37. The van der Waals surface area contributed by atoms with E-state index in [0.717, 1.165) is 32.0 Å². The van der Waals surface area contributed by atoms with Crippen molar-refractivity contribution >= 4 is 13.9 Å². The average molecular weight is 248 g/mol. The minimum Gasteiger partial charge on any atom is -0.0869 e. The number of hydrogen-bond donors (Lipinski definition) is 0. The largest absolute Gasteiger partial charge is 0.0869 e. The SMILES string of the molecule is CC1CC[C@@H](C(C)C)[C@@H](Pc2ccccc2)C1. The highest BCUT2D eigenvalue weighted by atomic mass is 31.1. The van der Waals surface area contributed by atoms with Crippen LogP contribution in [-0.4, -0.2) is 5.66 Å². The van der Waals surface area contributed by atoms with Gasteiger partial charge >= 0.3 is 0 Å². The van der Waals surface area contributed by atoms with Crippen LogP contribution in [0.25, 0.3) is 0 Å². The molecule has 0 amide bonds. The molecule has 1 heteroatoms. The van der Waals surface area contributed by atoms with Crippen LogP contribution in [-0.2, 0) is 0 Å². The Morgan fingerprint density at radius 2 is 1.82 bits per heavy atom. The van der Waals surface area contributed by atoms with Crippen molar-refractivity contribution in [2.24, 2.45) is 17.8 Å². The Morgan fingerprint density at radius 1 is 1.12 bits per heavy atom. The summed E-state index contributed by atoms with van der Waals surface area (Å²) in [4.78, 5) is 0. The summed E-state index contributed by atoms with van der Waals surface area (Å²) in [6, 6.07) is 11.1. The second-order valence-electron chi connectivity index (χ2n) is 5.94. The monoisotopic (exact) mass is 248 g/mol. The minimum absolute atomic E-state index is 0.851. The Balaban J connectivity index is 2.05. The van der Waals surface area contributed by atoms with Gasteiger partial charge in [-0.05, 0) is 41.6 Å². The van der Waals surface area contributed by atoms with Gasteiger partial charge in [0.05, 0.1) is 0 Å². The molecule has 1 fully saturated rings. The molecule has 1 saturated carbocycles. The summed E-state index contributed by atoms with van der Waals surface area (Å²) >= 11 is 0. The van der Waals surface area contributed by atoms with Crippen LogP contribution in [0.1, 0.15) is 40.0 Å². The highest BCUT2D eigenvalue weighted by molar-refractivity contribution is 7.48. The van der Waals surface area contributed by atoms with Gasteiger partial charge in [-0.15, -0.1) is 0 Å². The molecule has 0 aromatic heterocycles. The molecule has 0 N–H and O–H groups in total. The van der Waals surface area contributed by atoms with Gasteiger partial charge in [-0.3, -0.25) is 0 Å². The standard InChI is InChI=1S/C16H25P/c1-12(2)15-10-9-13(3)11-16(15)17-14-7-5-4-6-8-14/h4-8,12-13,15-17H,9-11H2,1-3H3/t13?,15-,16-/m0/s1. The average Bonchev–Trinajstić information content (AvgIpc) is 2.30. The molecule has 2 rings (SSSR count). The van der Waals surface area contributed by atoms with E-state index in [2.05, 4.69) is 51.1 Å². The molecule has 0 spiro atoms. The Hall–Kier alpha value is -0.350. The van der Waals surface area contributed by atoms with Crippen LogP contribution in [0.5, 0.6) is 0 Å². The van der Waals surface area contributed by atoms with Crippen LogP contribution < -0.4 is 5.30 Å². The van der Waals surface area contributed by atoms with Crippen molar-refractivity contribution < 1.29 is 0 Å². The maximum absolute atomic E-state index is 2.43. The lowest BCUT2D eigenvalue weighted by molar-refractivity contribution is 0.243. The van der Waals surface area contributed by atoms with E-state index in [1.807, 2.05) is 0 Å². The van der Waals surface area contributed by atoms with Gasteiger partial charge < -0.3 is 0 Å². The molecule has 1 aliphatic rings. The number of benzene rings is 1. The van der Waals surface area contributed by atoms with Crippen molar-refractivity contribution in [3.8, 4) is 0 Å². The van der Waals surface area contributed by atoms with Crippen molar-refractivity contribution in [3.63, 3.8) is 0 Å². The van der Waals surface area contributed by atoms with Crippen LogP contribution in [0.15, 0.2) is 30.3 Å². The topological polar surface area (TPSA) is 0 Å². The fraction of sp³-hybridized carbons (Fsp3) is 0.625. The van der Waals surface area contributed by atoms with Crippen molar-refractivity contribution in [2.75, 3.05) is 0 Å². The smallest absolute Gasteiger partial charge is 0.0163 e. The summed E-state index contributed by atoms with van der Waals surface area (Å²) in [6.07, 6.45) is 4.33. The third-order valence-electron chi connectivity index (χ3n) is 4.15. The minimum atomic E-state index is 0.851. The van der Waals surface area contributed by atoms with E-state index in [1.54, 1.807) is 5.30 Å². The molecular weight excluding hydrogens is 223 g/mol. The van der Waals surface area contributed by atoms with Gasteiger partial charge in [-0.2, -0.15) is 0 Å². The van der Waals surface area contributed by atoms with Gasteiger partial charge in [0.15, 0.2) is 0 Å². The van der Waals surface area contributed by atoms with Gasteiger partial charge in [0.25, 0.3) is 0 Å². The fourth-order valence-corrected chi connectivity index (χ4v) is 5.22. The summed E-state index contributed by atoms with van der Waals surface area (Å²) in [5, 5.41) is 1.55. The quantitative estimate of drug-likeness (QED) is 0.693. The van der Waals surface area contributed by atoms with Crippen molar-refractivity contribution in [1.82, 2.24) is 0 Å². The van der Waals surface area contributed by atoms with E-state index in [1.165, 1.54) is 19.3 Å². The first-order chi connectivity index (χ1) is 8.16. The Bertz CT molecular complexity index is 331. The number of rotatable bonds is 3. The van der Waals surface area contributed by atoms with Gasteiger partial charge in [-0.1, -0.05) is 66.1 Å². The molecule has 1 aromatic rings. The predicted molar refractivity (Wildman–Crippen MR) is 79.5 cm³/mol. The zero-order valence-electron chi connectivity index (χ0n) is 11.3. The van der Waals surface area contributed by atoms with Crippen molar-refractivity contribution in [2.45, 2.75) is 45.7 Å². The second-order valence-corrected chi connectivity index (χ2v) is 7.55. The Morgan fingerprint density at radius 3 is 2.47 bits per heavy atom. The molecule has 1 aromatic carbocycles. The first-order valence-corrected chi connectivity index (χ1v) is 8.06. The predicted octanol–water partition coefficient (Wildman–Crippen LogP) is 4.45. The molecular formula is C16H25P. The second kappa shape index (κ2) is 6.01. The van der Waals surface area contributed by atoms with Crippen molar-refractivity contribution in [3.05, 3.63) is 30.3 Å². The summed E-state index contributed by atoms with van der Waals surface area (Å²) < 4.78 is 0. The van der Waals surface area contributed by atoms with Crippen LogP contribution in [0, 0.1) is 17.8 Å². The summed E-state index contributed by atoms with van der Waals surface area (Å²) in [7, 11) is 1.01. The first kappa shape index (κ1) is 13.1. The molecule has 0 radical (unpaired) electrons. The molecule has 0 aliphatic heterocycles. The lowest BCUT2D eigenvalue weighted by Crippen LogP contribution is -2.30. The highest BCUT2D eigenvalue weighted by Gasteiger charge is 2.30. The van der Waals surface area contributed by atoms with Gasteiger partial charge in [0.2, 0.25) is 0 Å². The molecule has 1 aliphatic carbocycles. The molecule has 0 heterocycles. The zero-order valence-corrected chi connectivity index (χ0v) is 12.3. The molecule has 2 unspecified atom stereocenters. The van der Waals surface area contributed by atoms with Crippen LogP contribution in [0.2, 0.25) is 0 Å². The molecule has 0 nitrogen and oxygen atoms in total. The summed E-state index contributed by atoms with van der Waals surface area (Å²) in [6.45, 7) is 7.24. The third kappa shape index (κ3) is 3.55. The first-order valence-electron chi connectivity index (χ1n) is 6.98. The number of hydrogen-bond acceptors (Lipinski definition) is 0. The van der Waals surface area contributed by atoms with Gasteiger partial charge in [0.1, 0.15) is 0 Å². The summed E-state index contributed by atoms with van der Waals surface area (Å²) in [5.74, 6) is 2.74. The van der Waals surface area contributed by atoms with Crippen molar-refractivity contribution in [1.29, 1.82) is 0 Å². The zero-order chi connectivity index (χ0) is 12.3. The van der Waals surface area contributed by atoms with E-state index in [0.29, 0.717) is 0 Å². The Labute approximate surface area is 108 Å². The van der Waals surface area contributed by atoms with Gasteiger partial charge in [0, 0.05) is 0 Å². The van der Waals surface area contributed by atoms with Crippen LogP contribution in [0.3, 0.4) is 0 Å². The molecule has 4 atom stereocenters. The van der Waals surface area contributed by atoms with Gasteiger partial charge in [-0.25, -0.2) is 0 Å². The maximum atomic E-state index is 2.43. The third-order valence-corrected chi connectivity index (χ3v) is 5.85. The van der Waals surface area contributed by atoms with E-state index >= 15 is 0 Å². The molecule has 94 valence electrons. The molecule has 0 saturated heterocycles. The summed E-state index contributed by atoms with van der Waals surface area (Å²) in [5.41, 5.74) is 0.932. The maximum Gasteiger partial charge on any atom is -0.0163 e. The van der Waals surface area contributed by atoms with E-state index < -0.39 is 0 Å². The highest BCUT2D eigenvalue weighted by Crippen LogP contribution is 2.42. The fourth-order valence-electron chi connectivity index (χ4n) is 3.12. The van der Waals surface area contributed by atoms with Crippen LogP contribution >= 0.6 is 8.58 Å². The Kier molecular flexibility index (Phi) is 4.62. The molecule has 17 heavy (non-hydrogen) atoms. The molecule has 0 bridgehead atoms. The van der Waals surface area contributed by atoms with Crippen LogP contribution in [0.4, 0.5) is 0 Å². The van der Waals surface area contributed by atoms with E-state index in [4.69, 9.17) is 0 Å². The normalized spacial score (nSPS) is 30.2. The van der Waals surface area contributed by atoms with E-state index in [9.17, 15) is 0 Å².